The molecule has 2 aliphatic rings. The molecular weight excluding hydrogens is 408 g/mol. The molecule has 2 bridgehead atoms. The quantitative estimate of drug-likeness (QED) is 0.533. The van der Waals surface area contributed by atoms with Crippen LogP contribution in [0.1, 0.15) is 26.7 Å². The predicted octanol–water partition coefficient (Wildman–Crippen LogP) is 2.98. The van der Waals surface area contributed by atoms with Crippen molar-refractivity contribution >= 4 is 30.4 Å². The molecule has 2 heterocycles. The summed E-state index contributed by atoms with van der Waals surface area (Å²) in [5.74, 6) is -0.386. The minimum absolute atomic E-state index is 0.155. The number of carbonyl (C=O) groups excluding carboxylic acids is 2. The van der Waals surface area contributed by atoms with Crippen molar-refractivity contribution in [1.82, 2.24) is 0 Å². The SMILES string of the molecule is COC(=O)C1=C(OC(C)=O)C[C@]2([Si](C)(c3ccccc3)c3ccccc3)O[C@@H]1C[C@@H]2C. The fourth-order valence-corrected chi connectivity index (χ4v) is 10.5. The smallest absolute Gasteiger partial charge is 0.339 e. The van der Waals surface area contributed by atoms with Gasteiger partial charge in [0.2, 0.25) is 0 Å². The van der Waals surface area contributed by atoms with Gasteiger partial charge in [0, 0.05) is 13.3 Å². The highest BCUT2D eigenvalue weighted by Crippen LogP contribution is 2.52. The van der Waals surface area contributed by atoms with Gasteiger partial charge in [-0.3, -0.25) is 4.79 Å². The van der Waals surface area contributed by atoms with Gasteiger partial charge in [-0.15, -0.1) is 0 Å². The maximum absolute atomic E-state index is 12.6. The standard InChI is InChI=1S/C25H28O5Si/c1-17-15-21-23(24(27)28-3)22(29-18(2)26)16-25(17,30-21)31(4,19-11-7-5-8-12-19)20-13-9-6-10-14-20/h5-14,17,21H,15-16H2,1-4H3/t17-,21+,25+/m0/s1. The lowest BCUT2D eigenvalue weighted by Gasteiger charge is -2.49. The van der Waals surface area contributed by atoms with Crippen molar-refractivity contribution in [3.8, 4) is 0 Å². The number of methoxy groups -OCH3 is 1. The van der Waals surface area contributed by atoms with Crippen molar-refractivity contribution < 1.29 is 23.8 Å². The molecular formula is C25H28O5Si. The number of hydrogen-bond donors (Lipinski definition) is 0. The summed E-state index contributed by atoms with van der Waals surface area (Å²) in [5, 5.41) is 1.93. The van der Waals surface area contributed by atoms with Crippen LogP contribution in [0.15, 0.2) is 72.0 Å². The Morgan fingerprint density at radius 2 is 1.58 bits per heavy atom. The zero-order valence-electron chi connectivity index (χ0n) is 18.4. The van der Waals surface area contributed by atoms with E-state index in [1.165, 1.54) is 24.4 Å². The van der Waals surface area contributed by atoms with E-state index in [4.69, 9.17) is 14.2 Å². The predicted molar refractivity (Wildman–Crippen MR) is 121 cm³/mol. The van der Waals surface area contributed by atoms with Gasteiger partial charge in [0.1, 0.15) is 11.3 Å². The van der Waals surface area contributed by atoms with Gasteiger partial charge in [-0.1, -0.05) is 84.5 Å². The molecule has 1 saturated heterocycles. The van der Waals surface area contributed by atoms with Gasteiger partial charge in [-0.2, -0.15) is 0 Å². The summed E-state index contributed by atoms with van der Waals surface area (Å²) in [6.07, 6.45) is 0.586. The first-order valence-corrected chi connectivity index (χ1v) is 13.1. The van der Waals surface area contributed by atoms with Gasteiger partial charge in [-0.05, 0) is 12.3 Å². The fraction of sp³-hybridized carbons (Fsp3) is 0.360. The average Bonchev–Trinajstić information content (AvgIpc) is 3.05. The highest BCUT2D eigenvalue weighted by atomic mass is 28.3. The van der Waals surface area contributed by atoms with Crippen LogP contribution in [0.3, 0.4) is 0 Å². The van der Waals surface area contributed by atoms with Gasteiger partial charge in [-0.25, -0.2) is 4.79 Å². The Kier molecular flexibility index (Phi) is 5.62. The summed E-state index contributed by atoms with van der Waals surface area (Å²) in [6.45, 7) is 5.87. The van der Waals surface area contributed by atoms with Crippen molar-refractivity contribution in [3.63, 3.8) is 0 Å². The molecule has 3 atom stereocenters. The number of esters is 2. The van der Waals surface area contributed by atoms with Crippen LogP contribution in [0.25, 0.3) is 0 Å². The molecule has 6 heteroatoms. The van der Waals surface area contributed by atoms with Crippen molar-refractivity contribution in [2.45, 2.75) is 44.6 Å². The first-order chi connectivity index (χ1) is 14.8. The van der Waals surface area contributed by atoms with Crippen LogP contribution in [0.5, 0.6) is 0 Å². The van der Waals surface area contributed by atoms with E-state index in [1.807, 2.05) is 12.1 Å². The maximum Gasteiger partial charge on any atom is 0.339 e. The Hall–Kier alpha value is -2.70. The summed E-state index contributed by atoms with van der Waals surface area (Å²) >= 11 is 0. The Balaban J connectivity index is 1.94. The van der Waals surface area contributed by atoms with Crippen molar-refractivity contribution in [3.05, 3.63) is 72.0 Å². The summed E-state index contributed by atoms with van der Waals surface area (Å²) in [4.78, 5) is 24.5. The lowest BCUT2D eigenvalue weighted by Crippen LogP contribution is -2.74. The van der Waals surface area contributed by atoms with Crippen LogP contribution in [0, 0.1) is 5.92 Å². The first-order valence-electron chi connectivity index (χ1n) is 10.6. The van der Waals surface area contributed by atoms with Crippen LogP contribution in [0.2, 0.25) is 6.55 Å². The molecule has 31 heavy (non-hydrogen) atoms. The Labute approximate surface area is 184 Å². The van der Waals surface area contributed by atoms with Crippen LogP contribution >= 0.6 is 0 Å². The minimum atomic E-state index is -2.54. The third kappa shape index (κ3) is 3.34. The normalized spacial score (nSPS) is 25.3. The summed E-state index contributed by atoms with van der Waals surface area (Å²) in [6, 6.07) is 20.9. The molecule has 5 nitrogen and oxygen atoms in total. The van der Waals surface area contributed by atoms with Gasteiger partial charge in [0.25, 0.3) is 0 Å². The number of carbonyl (C=O) groups is 2. The zero-order valence-corrected chi connectivity index (χ0v) is 19.4. The molecule has 0 saturated carbocycles. The lowest BCUT2D eigenvalue weighted by molar-refractivity contribution is -0.142. The summed E-state index contributed by atoms with van der Waals surface area (Å²) in [7, 11) is -1.20. The second kappa shape index (κ2) is 8.09. The number of fused-ring (bicyclic) bond motifs is 2. The molecule has 162 valence electrons. The Morgan fingerprint density at radius 3 is 2.06 bits per heavy atom. The summed E-state index contributed by atoms with van der Waals surface area (Å²) in [5.41, 5.74) is 0.343. The van der Waals surface area contributed by atoms with E-state index in [0.29, 0.717) is 24.2 Å². The molecule has 0 amide bonds. The van der Waals surface area contributed by atoms with Gasteiger partial charge in [0.05, 0.1) is 18.4 Å². The number of rotatable bonds is 5. The van der Waals surface area contributed by atoms with E-state index in [-0.39, 0.29) is 5.92 Å². The molecule has 2 aliphatic heterocycles. The molecule has 2 aromatic carbocycles. The molecule has 0 N–H and O–H groups in total. The van der Waals surface area contributed by atoms with Crippen molar-refractivity contribution in [1.29, 1.82) is 0 Å². The van der Waals surface area contributed by atoms with E-state index in [1.54, 1.807) is 0 Å². The van der Waals surface area contributed by atoms with E-state index >= 15 is 0 Å². The first kappa shape index (κ1) is 21.5. The zero-order chi connectivity index (χ0) is 22.2. The van der Waals surface area contributed by atoms with E-state index in [0.717, 1.165) is 0 Å². The Bertz CT molecular complexity index is 977. The molecule has 2 aromatic rings. The highest BCUT2D eigenvalue weighted by molar-refractivity contribution is 7.03. The number of hydrogen-bond acceptors (Lipinski definition) is 5. The molecule has 4 rings (SSSR count). The molecule has 0 aromatic heterocycles. The molecule has 0 radical (unpaired) electrons. The highest BCUT2D eigenvalue weighted by Gasteiger charge is 2.64. The Morgan fingerprint density at radius 1 is 1.03 bits per heavy atom. The fourth-order valence-electron chi connectivity index (χ4n) is 5.44. The molecule has 1 fully saturated rings. The maximum atomic E-state index is 12.6. The third-order valence-electron chi connectivity index (χ3n) is 6.98. The molecule has 0 spiro atoms. The van der Waals surface area contributed by atoms with Crippen LogP contribution < -0.4 is 10.4 Å². The second-order valence-corrected chi connectivity index (χ2v) is 12.8. The largest absolute Gasteiger partial charge is 0.465 e. The second-order valence-electron chi connectivity index (χ2n) is 8.59. The summed E-state index contributed by atoms with van der Waals surface area (Å²) < 4.78 is 17.5. The van der Waals surface area contributed by atoms with Gasteiger partial charge < -0.3 is 14.2 Å². The van der Waals surface area contributed by atoms with E-state index < -0.39 is 31.3 Å². The molecule has 0 aliphatic carbocycles. The lowest BCUT2D eigenvalue weighted by atomic mass is 10.0. The van der Waals surface area contributed by atoms with Crippen LogP contribution in [-0.4, -0.2) is 38.5 Å². The number of benzene rings is 2. The average molecular weight is 437 g/mol. The van der Waals surface area contributed by atoms with Crippen molar-refractivity contribution in [2.24, 2.45) is 5.92 Å². The van der Waals surface area contributed by atoms with Crippen molar-refractivity contribution in [2.75, 3.05) is 7.11 Å². The third-order valence-corrected chi connectivity index (χ3v) is 12.4. The number of ether oxygens (including phenoxy) is 3. The topological polar surface area (TPSA) is 61.8 Å². The minimum Gasteiger partial charge on any atom is -0.465 e. The van der Waals surface area contributed by atoms with E-state index in [2.05, 4.69) is 62.0 Å². The van der Waals surface area contributed by atoms with E-state index in [9.17, 15) is 9.59 Å². The van der Waals surface area contributed by atoms with Crippen LogP contribution in [-0.2, 0) is 23.8 Å². The van der Waals surface area contributed by atoms with Gasteiger partial charge in [0.15, 0.2) is 8.07 Å². The molecule has 0 unspecified atom stereocenters. The monoisotopic (exact) mass is 436 g/mol. The van der Waals surface area contributed by atoms with Crippen LogP contribution in [0.4, 0.5) is 0 Å². The van der Waals surface area contributed by atoms with Gasteiger partial charge >= 0.3 is 11.9 Å².